The molecule has 124 valence electrons. The zero-order chi connectivity index (χ0) is 17.1. The van der Waals surface area contributed by atoms with Gasteiger partial charge in [-0.1, -0.05) is 0 Å². The van der Waals surface area contributed by atoms with Gasteiger partial charge in [0.1, 0.15) is 12.2 Å². The van der Waals surface area contributed by atoms with Gasteiger partial charge in [0.2, 0.25) is 5.69 Å². The van der Waals surface area contributed by atoms with Crippen molar-refractivity contribution in [1.29, 1.82) is 5.26 Å². The standard InChI is InChI=1S/C16H18N6O2/c1-10-14(11(2)21-20-10)16(23)22-7-3-4-12(9-22)24-15-13(8-17)18-5-6-19-15/h5-6,12H,3-4,7,9H2,1-2H3,(H,20,21)/t12-/m0/s1. The molecule has 8 nitrogen and oxygen atoms in total. The van der Waals surface area contributed by atoms with E-state index in [0.717, 1.165) is 18.5 Å². The Morgan fingerprint density at radius 3 is 2.92 bits per heavy atom. The zero-order valence-corrected chi connectivity index (χ0v) is 13.6. The van der Waals surface area contributed by atoms with Crippen LogP contribution in [0.15, 0.2) is 12.4 Å². The van der Waals surface area contributed by atoms with E-state index in [1.165, 1.54) is 12.4 Å². The van der Waals surface area contributed by atoms with Crippen molar-refractivity contribution in [2.75, 3.05) is 13.1 Å². The first-order chi connectivity index (χ1) is 11.6. The number of carbonyl (C=O) groups excluding carboxylic acids is 1. The van der Waals surface area contributed by atoms with Crippen LogP contribution in [0.4, 0.5) is 0 Å². The number of nitriles is 1. The third kappa shape index (κ3) is 3.06. The Labute approximate surface area is 139 Å². The van der Waals surface area contributed by atoms with E-state index in [0.29, 0.717) is 24.3 Å². The lowest BCUT2D eigenvalue weighted by Crippen LogP contribution is -2.44. The normalized spacial score (nSPS) is 17.4. The summed E-state index contributed by atoms with van der Waals surface area (Å²) in [6, 6.07) is 1.96. The molecular formula is C16H18N6O2. The first kappa shape index (κ1) is 15.9. The maximum atomic E-state index is 12.8. The molecule has 1 atom stereocenters. The van der Waals surface area contributed by atoms with E-state index in [1.54, 1.807) is 4.90 Å². The third-order valence-electron chi connectivity index (χ3n) is 4.06. The van der Waals surface area contributed by atoms with Crippen LogP contribution >= 0.6 is 0 Å². The molecule has 0 aromatic carbocycles. The highest BCUT2D eigenvalue weighted by atomic mass is 16.5. The Balaban J connectivity index is 1.73. The van der Waals surface area contributed by atoms with E-state index in [-0.39, 0.29) is 23.6 Å². The van der Waals surface area contributed by atoms with Crippen LogP contribution in [-0.2, 0) is 0 Å². The Morgan fingerprint density at radius 1 is 1.42 bits per heavy atom. The largest absolute Gasteiger partial charge is 0.470 e. The smallest absolute Gasteiger partial charge is 0.257 e. The van der Waals surface area contributed by atoms with Gasteiger partial charge in [0, 0.05) is 24.6 Å². The third-order valence-corrected chi connectivity index (χ3v) is 4.06. The van der Waals surface area contributed by atoms with Gasteiger partial charge in [0.05, 0.1) is 17.8 Å². The quantitative estimate of drug-likeness (QED) is 0.912. The summed E-state index contributed by atoms with van der Waals surface area (Å²) in [4.78, 5) is 22.5. The summed E-state index contributed by atoms with van der Waals surface area (Å²) >= 11 is 0. The van der Waals surface area contributed by atoms with E-state index in [4.69, 9.17) is 10.00 Å². The van der Waals surface area contributed by atoms with Crippen LogP contribution in [-0.4, -0.2) is 50.2 Å². The first-order valence-corrected chi connectivity index (χ1v) is 7.78. The molecule has 24 heavy (non-hydrogen) atoms. The lowest BCUT2D eigenvalue weighted by Gasteiger charge is -2.32. The second kappa shape index (κ2) is 6.66. The van der Waals surface area contributed by atoms with Crippen LogP contribution in [0.2, 0.25) is 0 Å². The van der Waals surface area contributed by atoms with Gasteiger partial charge in [-0.3, -0.25) is 9.89 Å². The number of hydrogen-bond donors (Lipinski definition) is 1. The number of amides is 1. The molecule has 0 saturated carbocycles. The number of piperidine rings is 1. The maximum absolute atomic E-state index is 12.8. The molecule has 0 spiro atoms. The highest BCUT2D eigenvalue weighted by Crippen LogP contribution is 2.21. The number of nitrogens with one attached hydrogen (secondary N) is 1. The second-order valence-electron chi connectivity index (χ2n) is 5.76. The Morgan fingerprint density at radius 2 is 2.21 bits per heavy atom. The molecule has 1 amide bonds. The number of H-pyrrole nitrogens is 1. The Kier molecular flexibility index (Phi) is 4.42. The van der Waals surface area contributed by atoms with E-state index < -0.39 is 0 Å². The lowest BCUT2D eigenvalue weighted by atomic mass is 10.1. The maximum Gasteiger partial charge on any atom is 0.257 e. The summed E-state index contributed by atoms with van der Waals surface area (Å²) in [5.74, 6) is 0.168. The molecule has 1 N–H and O–H groups in total. The van der Waals surface area contributed by atoms with Gasteiger partial charge in [0.25, 0.3) is 11.8 Å². The van der Waals surface area contributed by atoms with Crippen molar-refractivity contribution in [2.45, 2.75) is 32.8 Å². The number of hydrogen-bond acceptors (Lipinski definition) is 6. The van der Waals surface area contributed by atoms with E-state index in [1.807, 2.05) is 19.9 Å². The topological polar surface area (TPSA) is 108 Å². The molecule has 3 heterocycles. The molecule has 0 radical (unpaired) electrons. The predicted octanol–water partition coefficient (Wildman–Crippen LogP) is 1.37. The van der Waals surface area contributed by atoms with E-state index in [2.05, 4.69) is 20.2 Å². The van der Waals surface area contributed by atoms with Crippen LogP contribution in [0.1, 0.15) is 40.3 Å². The molecule has 0 bridgehead atoms. The van der Waals surface area contributed by atoms with Gasteiger partial charge in [0.15, 0.2) is 0 Å². The number of likely N-dealkylation sites (tertiary alicyclic amines) is 1. The Hall–Kier alpha value is -2.95. The molecule has 2 aromatic heterocycles. The highest BCUT2D eigenvalue weighted by molar-refractivity contribution is 5.96. The SMILES string of the molecule is Cc1n[nH]c(C)c1C(=O)N1CCC[C@H](Oc2nccnc2C#N)C1. The number of carbonyl (C=O) groups is 1. The minimum atomic E-state index is -0.209. The fraction of sp³-hybridized carbons (Fsp3) is 0.438. The summed E-state index contributed by atoms with van der Waals surface area (Å²) in [7, 11) is 0. The van der Waals surface area contributed by atoms with Crippen LogP contribution in [0.25, 0.3) is 0 Å². The summed E-state index contributed by atoms with van der Waals surface area (Å²) in [5.41, 5.74) is 2.23. The summed E-state index contributed by atoms with van der Waals surface area (Å²) < 4.78 is 5.82. The van der Waals surface area contributed by atoms with Crippen LogP contribution in [0.3, 0.4) is 0 Å². The molecule has 3 rings (SSSR count). The molecule has 8 heteroatoms. The number of aryl methyl sites for hydroxylation is 2. The van der Waals surface area contributed by atoms with Crippen molar-refractivity contribution in [1.82, 2.24) is 25.1 Å². The molecule has 1 aliphatic heterocycles. The van der Waals surface area contributed by atoms with Gasteiger partial charge in [-0.25, -0.2) is 9.97 Å². The average Bonchev–Trinajstić information content (AvgIpc) is 2.93. The number of nitrogens with zero attached hydrogens (tertiary/aromatic N) is 5. The van der Waals surface area contributed by atoms with Crippen molar-refractivity contribution < 1.29 is 9.53 Å². The van der Waals surface area contributed by atoms with Crippen molar-refractivity contribution in [2.24, 2.45) is 0 Å². The van der Waals surface area contributed by atoms with E-state index >= 15 is 0 Å². The van der Waals surface area contributed by atoms with Crippen LogP contribution < -0.4 is 4.74 Å². The first-order valence-electron chi connectivity index (χ1n) is 7.78. The zero-order valence-electron chi connectivity index (χ0n) is 13.6. The molecule has 0 aliphatic carbocycles. The van der Waals surface area contributed by atoms with Crippen molar-refractivity contribution in [3.05, 3.63) is 35.0 Å². The fourth-order valence-electron chi connectivity index (χ4n) is 2.89. The molecule has 1 aliphatic rings. The minimum Gasteiger partial charge on any atom is -0.470 e. The van der Waals surface area contributed by atoms with Gasteiger partial charge in [-0.15, -0.1) is 0 Å². The van der Waals surface area contributed by atoms with Crippen molar-refractivity contribution in [3.8, 4) is 11.9 Å². The molecule has 1 saturated heterocycles. The summed E-state index contributed by atoms with van der Waals surface area (Å²) in [6.07, 6.45) is 4.36. The number of aromatic nitrogens is 4. The summed E-state index contributed by atoms with van der Waals surface area (Å²) in [5, 5.41) is 16.0. The van der Waals surface area contributed by atoms with Crippen LogP contribution in [0.5, 0.6) is 5.88 Å². The van der Waals surface area contributed by atoms with Gasteiger partial charge in [-0.05, 0) is 26.7 Å². The van der Waals surface area contributed by atoms with E-state index in [9.17, 15) is 4.79 Å². The van der Waals surface area contributed by atoms with Crippen LogP contribution in [0, 0.1) is 25.2 Å². The number of aromatic amines is 1. The molecule has 1 fully saturated rings. The Bertz CT molecular complexity index is 775. The fourth-order valence-corrected chi connectivity index (χ4v) is 2.89. The molecule has 0 unspecified atom stereocenters. The molecule has 2 aromatic rings. The molecular weight excluding hydrogens is 308 g/mol. The second-order valence-corrected chi connectivity index (χ2v) is 5.76. The number of ether oxygens (including phenoxy) is 1. The van der Waals surface area contributed by atoms with Gasteiger partial charge < -0.3 is 9.64 Å². The lowest BCUT2D eigenvalue weighted by molar-refractivity contribution is 0.0525. The average molecular weight is 326 g/mol. The minimum absolute atomic E-state index is 0.0493. The summed E-state index contributed by atoms with van der Waals surface area (Å²) in [6.45, 7) is 4.77. The number of rotatable bonds is 3. The van der Waals surface area contributed by atoms with Gasteiger partial charge >= 0.3 is 0 Å². The van der Waals surface area contributed by atoms with Gasteiger partial charge in [-0.2, -0.15) is 10.4 Å². The predicted molar refractivity (Wildman–Crippen MR) is 84.4 cm³/mol. The monoisotopic (exact) mass is 326 g/mol. The highest BCUT2D eigenvalue weighted by Gasteiger charge is 2.29. The van der Waals surface area contributed by atoms with Crippen molar-refractivity contribution in [3.63, 3.8) is 0 Å². The van der Waals surface area contributed by atoms with Crippen molar-refractivity contribution >= 4 is 5.91 Å².